The predicted octanol–water partition coefficient (Wildman–Crippen LogP) is 5.01. The summed E-state index contributed by atoms with van der Waals surface area (Å²) in [7, 11) is 0. The van der Waals surface area contributed by atoms with Crippen LogP contribution in [0.3, 0.4) is 0 Å². The zero-order valence-corrected chi connectivity index (χ0v) is 15.8. The zero-order chi connectivity index (χ0) is 17.8. The van der Waals surface area contributed by atoms with Crippen molar-refractivity contribution in [3.8, 4) is 0 Å². The molecule has 0 aliphatic rings. The van der Waals surface area contributed by atoms with Gasteiger partial charge in [0.05, 0.1) is 5.33 Å². The molecule has 0 aliphatic carbocycles. The van der Waals surface area contributed by atoms with Gasteiger partial charge < -0.3 is 0 Å². The van der Waals surface area contributed by atoms with Crippen LogP contribution < -0.4 is 0 Å². The molecule has 0 atom stereocenters. The van der Waals surface area contributed by atoms with Crippen LogP contribution in [-0.2, 0) is 10.9 Å². The first-order chi connectivity index (χ1) is 12.9. The second-order valence-electron chi connectivity index (χ2n) is 6.05. The Bertz CT molecular complexity index is 869. The number of hydrogen-bond donors (Lipinski definition) is 0. The van der Waals surface area contributed by atoms with E-state index in [-0.39, 0.29) is 0 Å². The van der Waals surface area contributed by atoms with Crippen LogP contribution in [0.15, 0.2) is 97.3 Å². The normalized spacial score (nSPS) is 11.4. The van der Waals surface area contributed by atoms with Gasteiger partial charge >= 0.3 is 0 Å². The lowest BCUT2D eigenvalue weighted by Gasteiger charge is -2.35. The van der Waals surface area contributed by atoms with Gasteiger partial charge in [-0.05, 0) is 16.7 Å². The van der Waals surface area contributed by atoms with Crippen molar-refractivity contribution < 1.29 is 0 Å². The molecule has 3 aromatic carbocycles. The summed E-state index contributed by atoms with van der Waals surface area (Å²) in [6.07, 6.45) is 1.82. The third-order valence-electron chi connectivity index (χ3n) is 4.58. The summed E-state index contributed by atoms with van der Waals surface area (Å²) in [4.78, 5) is 4.48. The van der Waals surface area contributed by atoms with Crippen LogP contribution in [0.5, 0.6) is 0 Å². The highest BCUT2D eigenvalue weighted by atomic mass is 79.9. The molecule has 0 saturated heterocycles. The van der Waals surface area contributed by atoms with Crippen molar-refractivity contribution in [2.24, 2.45) is 0 Å². The van der Waals surface area contributed by atoms with Crippen molar-refractivity contribution in [2.45, 2.75) is 10.9 Å². The fraction of sp³-hybridized carbons (Fsp3) is 0.0909. The van der Waals surface area contributed by atoms with E-state index in [9.17, 15) is 0 Å². The summed E-state index contributed by atoms with van der Waals surface area (Å²) in [6.45, 7) is 0. The van der Waals surface area contributed by atoms with Crippen LogP contribution in [0.4, 0.5) is 0 Å². The summed E-state index contributed by atoms with van der Waals surface area (Å²) >= 11 is 3.47. The van der Waals surface area contributed by atoms with Crippen LogP contribution in [0.1, 0.15) is 22.5 Å². The number of alkyl halides is 1. The number of nitrogens with zero attached hydrogens (tertiary/aromatic N) is 3. The molecule has 0 N–H and O–H groups in total. The highest BCUT2D eigenvalue weighted by molar-refractivity contribution is 9.08. The van der Waals surface area contributed by atoms with Gasteiger partial charge in [-0.2, -0.15) is 5.10 Å². The highest BCUT2D eigenvalue weighted by Crippen LogP contribution is 2.40. The SMILES string of the molecule is BrCc1ncn(C(c2ccccc2)(c2ccccc2)c2ccccc2)n1. The van der Waals surface area contributed by atoms with Gasteiger partial charge in [-0.3, -0.25) is 0 Å². The average molecular weight is 404 g/mol. The molecule has 1 heterocycles. The zero-order valence-electron chi connectivity index (χ0n) is 14.2. The Labute approximate surface area is 161 Å². The molecule has 0 fully saturated rings. The van der Waals surface area contributed by atoms with Crippen molar-refractivity contribution in [3.63, 3.8) is 0 Å². The van der Waals surface area contributed by atoms with E-state index in [0.29, 0.717) is 5.33 Å². The minimum atomic E-state index is -0.586. The van der Waals surface area contributed by atoms with Crippen molar-refractivity contribution in [1.82, 2.24) is 14.8 Å². The summed E-state index contributed by atoms with van der Waals surface area (Å²) in [5, 5.41) is 5.41. The lowest BCUT2D eigenvalue weighted by atomic mass is 9.77. The number of rotatable bonds is 5. The molecule has 4 heteroatoms. The molecule has 26 heavy (non-hydrogen) atoms. The second kappa shape index (κ2) is 7.26. The van der Waals surface area contributed by atoms with E-state index >= 15 is 0 Å². The van der Waals surface area contributed by atoms with Gasteiger partial charge in [-0.25, -0.2) is 9.67 Å². The van der Waals surface area contributed by atoms with Gasteiger partial charge in [-0.1, -0.05) is 107 Å². The molecular weight excluding hydrogens is 386 g/mol. The molecule has 0 aliphatic heterocycles. The molecule has 4 rings (SSSR count). The van der Waals surface area contributed by atoms with Gasteiger partial charge in [0, 0.05) is 0 Å². The maximum Gasteiger partial charge on any atom is 0.161 e. The second-order valence-corrected chi connectivity index (χ2v) is 6.61. The fourth-order valence-electron chi connectivity index (χ4n) is 3.46. The molecular formula is C22H18BrN3. The Morgan fingerprint density at radius 3 is 1.46 bits per heavy atom. The maximum atomic E-state index is 4.79. The third-order valence-corrected chi connectivity index (χ3v) is 5.08. The topological polar surface area (TPSA) is 30.7 Å². The lowest BCUT2D eigenvalue weighted by Crippen LogP contribution is -2.38. The molecule has 0 unspecified atom stereocenters. The Hall–Kier alpha value is -2.72. The largest absolute Gasteiger partial charge is 0.233 e. The molecule has 0 spiro atoms. The summed E-state index contributed by atoms with van der Waals surface area (Å²) in [5.41, 5.74) is 2.84. The van der Waals surface area contributed by atoms with Crippen molar-refractivity contribution in [2.75, 3.05) is 0 Å². The van der Waals surface area contributed by atoms with E-state index in [1.165, 1.54) is 0 Å². The first kappa shape index (κ1) is 16.7. The van der Waals surface area contributed by atoms with Crippen LogP contribution in [0.2, 0.25) is 0 Å². The Morgan fingerprint density at radius 1 is 0.692 bits per heavy atom. The van der Waals surface area contributed by atoms with Crippen molar-refractivity contribution in [1.29, 1.82) is 0 Å². The number of halogens is 1. The number of aromatic nitrogens is 3. The first-order valence-electron chi connectivity index (χ1n) is 8.49. The molecule has 0 amide bonds. The summed E-state index contributed by atoms with van der Waals surface area (Å²) in [6, 6.07) is 31.4. The van der Waals surface area contributed by atoms with E-state index in [4.69, 9.17) is 5.10 Å². The minimum absolute atomic E-state index is 0.586. The average Bonchev–Trinajstić information content (AvgIpc) is 3.21. The molecule has 0 saturated carbocycles. The van der Waals surface area contributed by atoms with E-state index < -0.39 is 5.54 Å². The van der Waals surface area contributed by atoms with E-state index in [2.05, 4.69) is 93.7 Å². The first-order valence-corrected chi connectivity index (χ1v) is 9.61. The smallest absolute Gasteiger partial charge is 0.161 e. The number of benzene rings is 3. The van der Waals surface area contributed by atoms with Gasteiger partial charge in [0.15, 0.2) is 5.82 Å². The van der Waals surface area contributed by atoms with E-state index in [1.54, 1.807) is 0 Å². The molecule has 1 aromatic heterocycles. The van der Waals surface area contributed by atoms with E-state index in [0.717, 1.165) is 22.5 Å². The lowest BCUT2D eigenvalue weighted by molar-refractivity contribution is 0.456. The Morgan fingerprint density at radius 2 is 1.12 bits per heavy atom. The minimum Gasteiger partial charge on any atom is -0.233 e. The van der Waals surface area contributed by atoms with E-state index in [1.807, 2.05) is 29.2 Å². The predicted molar refractivity (Wildman–Crippen MR) is 107 cm³/mol. The van der Waals surface area contributed by atoms with Crippen LogP contribution >= 0.6 is 15.9 Å². The number of hydrogen-bond acceptors (Lipinski definition) is 2. The standard InChI is InChI=1S/C22H18BrN3/c23-16-21-24-17-26(25-21)22(18-10-4-1-5-11-18,19-12-6-2-7-13-19)20-14-8-3-9-15-20/h1-15,17H,16H2. The maximum absolute atomic E-state index is 4.79. The Balaban J connectivity index is 2.10. The highest BCUT2D eigenvalue weighted by Gasteiger charge is 2.39. The molecule has 3 nitrogen and oxygen atoms in total. The molecule has 0 radical (unpaired) electrons. The van der Waals surface area contributed by atoms with Crippen molar-refractivity contribution in [3.05, 3.63) is 120 Å². The van der Waals surface area contributed by atoms with Gasteiger partial charge in [0.1, 0.15) is 11.9 Å². The monoisotopic (exact) mass is 403 g/mol. The van der Waals surface area contributed by atoms with Gasteiger partial charge in [0.2, 0.25) is 0 Å². The van der Waals surface area contributed by atoms with Gasteiger partial charge in [0.25, 0.3) is 0 Å². The summed E-state index contributed by atoms with van der Waals surface area (Å²) in [5.74, 6) is 0.761. The molecule has 4 aromatic rings. The van der Waals surface area contributed by atoms with Crippen LogP contribution in [0, 0.1) is 0 Å². The Kier molecular flexibility index (Phi) is 4.67. The van der Waals surface area contributed by atoms with Crippen molar-refractivity contribution >= 4 is 15.9 Å². The van der Waals surface area contributed by atoms with Crippen LogP contribution in [-0.4, -0.2) is 14.8 Å². The van der Waals surface area contributed by atoms with Crippen LogP contribution in [0.25, 0.3) is 0 Å². The fourth-order valence-corrected chi connectivity index (χ4v) is 3.71. The van der Waals surface area contributed by atoms with Gasteiger partial charge in [-0.15, -0.1) is 0 Å². The molecule has 128 valence electrons. The quantitative estimate of drug-likeness (QED) is 0.346. The molecule has 0 bridgehead atoms. The third kappa shape index (κ3) is 2.76. The summed E-state index contributed by atoms with van der Waals surface area (Å²) < 4.78 is 1.98.